The smallest absolute Gasteiger partial charge is 0.338 e. The second-order valence-electron chi connectivity index (χ2n) is 11.9. The Kier molecular flexibility index (Phi) is 12.1. The molecule has 5 aromatic rings. The third-order valence-corrected chi connectivity index (χ3v) is 8.87. The summed E-state index contributed by atoms with van der Waals surface area (Å²) in [5.41, 5.74) is 2.50. The lowest BCUT2D eigenvalue weighted by Gasteiger charge is -2.43. The van der Waals surface area contributed by atoms with E-state index in [0.29, 0.717) is 5.75 Å². The first-order chi connectivity index (χ1) is 25.4. The van der Waals surface area contributed by atoms with Crippen molar-refractivity contribution in [3.63, 3.8) is 0 Å². The molecule has 0 N–H and O–H groups in total. The zero-order valence-electron chi connectivity index (χ0n) is 28.2. The predicted molar refractivity (Wildman–Crippen MR) is 196 cm³/mol. The summed E-state index contributed by atoms with van der Waals surface area (Å²) in [5, 5.41) is 0. The summed E-state index contributed by atoms with van der Waals surface area (Å²) in [7, 11) is 0. The van der Waals surface area contributed by atoms with Crippen LogP contribution < -0.4 is 4.74 Å². The molecular weight excluding hydrogens is 681 g/mol. The molecular formula is C42H36O9S. The number of ketones is 1. The molecule has 0 aliphatic heterocycles. The quantitative estimate of drug-likeness (QED) is 0.0532. The fourth-order valence-corrected chi connectivity index (χ4v) is 6.16. The largest absolute Gasteiger partial charge is 0.479 e. The molecule has 5 atom stereocenters. The number of benzene rings is 5. The Morgan fingerprint density at radius 2 is 0.962 bits per heavy atom. The van der Waals surface area contributed by atoms with E-state index in [1.165, 1.54) is 11.8 Å². The highest BCUT2D eigenvalue weighted by Crippen LogP contribution is 2.35. The highest BCUT2D eigenvalue weighted by atomic mass is 32.2. The zero-order valence-corrected chi connectivity index (χ0v) is 29.1. The number of rotatable bonds is 13. The van der Waals surface area contributed by atoms with Gasteiger partial charge in [0.2, 0.25) is 0 Å². The van der Waals surface area contributed by atoms with Crippen LogP contribution >= 0.6 is 11.8 Å². The maximum Gasteiger partial charge on any atom is 0.338 e. The van der Waals surface area contributed by atoms with Crippen LogP contribution in [0.15, 0.2) is 146 Å². The molecule has 264 valence electrons. The number of carbonyl (C=O) groups excluding carboxylic acids is 4. The third-order valence-electron chi connectivity index (χ3n) is 8.47. The Morgan fingerprint density at radius 1 is 0.538 bits per heavy atom. The summed E-state index contributed by atoms with van der Waals surface area (Å²) in [4.78, 5) is 55.7. The van der Waals surface area contributed by atoms with Crippen LogP contribution in [-0.4, -0.2) is 66.9 Å². The highest BCUT2D eigenvalue weighted by molar-refractivity contribution is 7.98. The fourth-order valence-electron chi connectivity index (χ4n) is 5.90. The molecule has 0 aromatic heterocycles. The van der Waals surface area contributed by atoms with Gasteiger partial charge in [-0.15, -0.1) is 11.8 Å². The van der Waals surface area contributed by atoms with Crippen molar-refractivity contribution in [1.82, 2.24) is 0 Å². The van der Waals surface area contributed by atoms with E-state index in [1.807, 2.05) is 48.7 Å². The molecule has 6 rings (SSSR count). The second kappa shape index (κ2) is 17.5. The lowest BCUT2D eigenvalue weighted by molar-refractivity contribution is -0.177. The van der Waals surface area contributed by atoms with Crippen LogP contribution in [-0.2, 0) is 23.7 Å². The number of hydrogen-bond donors (Lipinski definition) is 0. The van der Waals surface area contributed by atoms with Gasteiger partial charge in [-0.05, 0) is 65.9 Å². The minimum atomic E-state index is -1.55. The van der Waals surface area contributed by atoms with Crippen molar-refractivity contribution in [3.05, 3.63) is 162 Å². The Labute approximate surface area is 305 Å². The molecule has 1 fully saturated rings. The standard InChI is InChI=1S/C42H36O9S/c1-52-27-47-26-34-35(43)37(48-33-24-22-29(23-25-33)28-14-6-2-7-15-28)39(51-42(46)32-20-12-5-13-21-32)38(50-41(45)31-18-10-4-11-19-31)36(34)49-40(44)30-16-8-3-9-17-30/h2-25,34,36-39H,26-27H2,1H3/t34?,36-,37+,38?,39?/m1/s1. The van der Waals surface area contributed by atoms with Gasteiger partial charge in [-0.3, -0.25) is 4.79 Å². The van der Waals surface area contributed by atoms with Crippen molar-refractivity contribution >= 4 is 35.5 Å². The molecule has 9 nitrogen and oxygen atoms in total. The van der Waals surface area contributed by atoms with Crippen molar-refractivity contribution in [3.8, 4) is 16.9 Å². The van der Waals surface area contributed by atoms with Crippen molar-refractivity contribution in [2.75, 3.05) is 18.8 Å². The van der Waals surface area contributed by atoms with Gasteiger partial charge in [-0.25, -0.2) is 14.4 Å². The van der Waals surface area contributed by atoms with Crippen LogP contribution in [0.3, 0.4) is 0 Å². The van der Waals surface area contributed by atoms with Crippen LogP contribution in [0, 0.1) is 5.92 Å². The van der Waals surface area contributed by atoms with Crippen molar-refractivity contribution in [2.24, 2.45) is 5.92 Å². The van der Waals surface area contributed by atoms with Gasteiger partial charge in [0.15, 0.2) is 30.2 Å². The molecule has 0 radical (unpaired) electrons. The lowest BCUT2D eigenvalue weighted by atomic mass is 9.79. The molecule has 3 unspecified atom stereocenters. The van der Waals surface area contributed by atoms with E-state index in [4.69, 9.17) is 23.7 Å². The minimum absolute atomic E-state index is 0.192. The van der Waals surface area contributed by atoms with E-state index in [1.54, 1.807) is 103 Å². The van der Waals surface area contributed by atoms with Crippen molar-refractivity contribution < 1.29 is 42.9 Å². The molecule has 0 amide bonds. The van der Waals surface area contributed by atoms with Gasteiger partial charge in [0.1, 0.15) is 5.75 Å². The topological polar surface area (TPSA) is 114 Å². The Hall–Kier alpha value is -5.71. The van der Waals surface area contributed by atoms with Crippen molar-refractivity contribution in [2.45, 2.75) is 24.4 Å². The number of ether oxygens (including phenoxy) is 5. The maximum absolute atomic E-state index is 14.6. The van der Waals surface area contributed by atoms with Crippen LogP contribution in [0.2, 0.25) is 0 Å². The summed E-state index contributed by atoms with van der Waals surface area (Å²) < 4.78 is 30.5. The molecule has 10 heteroatoms. The van der Waals surface area contributed by atoms with Gasteiger partial charge in [0.05, 0.1) is 35.2 Å². The summed E-state index contributed by atoms with van der Waals surface area (Å²) in [6, 6.07) is 41.5. The molecule has 0 spiro atoms. The second-order valence-corrected chi connectivity index (χ2v) is 12.7. The van der Waals surface area contributed by atoms with E-state index in [-0.39, 0.29) is 29.2 Å². The van der Waals surface area contributed by atoms with E-state index in [2.05, 4.69) is 0 Å². The Morgan fingerprint density at radius 3 is 1.44 bits per heavy atom. The van der Waals surface area contributed by atoms with Crippen LogP contribution in [0.5, 0.6) is 5.75 Å². The van der Waals surface area contributed by atoms with Crippen LogP contribution in [0.1, 0.15) is 31.1 Å². The summed E-state index contributed by atoms with van der Waals surface area (Å²) >= 11 is 1.39. The lowest BCUT2D eigenvalue weighted by Crippen LogP contribution is -2.65. The normalized spacial score (nSPS) is 19.6. The number of esters is 3. The van der Waals surface area contributed by atoms with Gasteiger partial charge >= 0.3 is 17.9 Å². The molecule has 1 aliphatic carbocycles. The molecule has 52 heavy (non-hydrogen) atoms. The highest BCUT2D eigenvalue weighted by Gasteiger charge is 2.57. The van der Waals surface area contributed by atoms with Gasteiger partial charge in [0, 0.05) is 0 Å². The van der Waals surface area contributed by atoms with E-state index >= 15 is 0 Å². The number of Topliss-reactive ketones (excluding diaryl/α,β-unsaturated/α-hetero) is 1. The van der Waals surface area contributed by atoms with E-state index in [9.17, 15) is 19.2 Å². The number of carbonyl (C=O) groups is 4. The monoisotopic (exact) mass is 716 g/mol. The first kappa shape index (κ1) is 36.1. The minimum Gasteiger partial charge on any atom is -0.479 e. The zero-order chi connectivity index (χ0) is 36.3. The van der Waals surface area contributed by atoms with Gasteiger partial charge in [0.25, 0.3) is 0 Å². The number of hydrogen-bond acceptors (Lipinski definition) is 10. The van der Waals surface area contributed by atoms with Gasteiger partial charge < -0.3 is 23.7 Å². The van der Waals surface area contributed by atoms with Gasteiger partial charge in [-0.2, -0.15) is 0 Å². The van der Waals surface area contributed by atoms with Crippen LogP contribution in [0.25, 0.3) is 11.1 Å². The molecule has 0 saturated heterocycles. The Balaban J connectivity index is 1.43. The van der Waals surface area contributed by atoms with E-state index in [0.717, 1.165) is 11.1 Å². The van der Waals surface area contributed by atoms with Crippen LogP contribution in [0.4, 0.5) is 0 Å². The first-order valence-corrected chi connectivity index (χ1v) is 18.0. The summed E-state index contributed by atoms with van der Waals surface area (Å²) in [6.45, 7) is -0.196. The molecule has 1 aliphatic rings. The van der Waals surface area contributed by atoms with E-state index < -0.39 is 54.0 Å². The average molecular weight is 717 g/mol. The Bertz CT molecular complexity index is 1940. The molecule has 0 heterocycles. The first-order valence-electron chi connectivity index (χ1n) is 16.6. The average Bonchev–Trinajstić information content (AvgIpc) is 3.20. The van der Waals surface area contributed by atoms with Gasteiger partial charge in [-0.1, -0.05) is 97.1 Å². The fraction of sp³-hybridized carbons (Fsp3) is 0.190. The molecule has 1 saturated carbocycles. The summed E-state index contributed by atoms with van der Waals surface area (Å²) in [5.74, 6) is -3.54. The van der Waals surface area contributed by atoms with Crippen molar-refractivity contribution in [1.29, 1.82) is 0 Å². The molecule has 5 aromatic carbocycles. The number of thioether (sulfide) groups is 1. The molecule has 0 bridgehead atoms. The summed E-state index contributed by atoms with van der Waals surface area (Å²) in [6.07, 6.45) is -4.12. The SMILES string of the molecule is CSCOCC1C(=O)[C@H](Oc2ccc(-c3ccccc3)cc2)C(OC(=O)c2ccccc2)C(OC(=O)c2ccccc2)[C@@H]1OC(=O)c1ccccc1. The maximum atomic E-state index is 14.6. The predicted octanol–water partition coefficient (Wildman–Crippen LogP) is 7.31. The third kappa shape index (κ3) is 8.77.